The molecular formula is C29H23N3O. The van der Waals surface area contributed by atoms with Crippen molar-refractivity contribution in [2.24, 2.45) is 0 Å². The molecule has 0 saturated carbocycles. The lowest BCUT2D eigenvalue weighted by molar-refractivity contribution is 0.669. The molecule has 0 unspecified atom stereocenters. The van der Waals surface area contributed by atoms with Crippen molar-refractivity contribution in [2.75, 3.05) is 0 Å². The van der Waals surface area contributed by atoms with Crippen molar-refractivity contribution in [3.8, 4) is 22.5 Å². The smallest absolute Gasteiger partial charge is 0.163 e. The SMILES string of the molecule is C=C/C=C\C(=C)c1nc(CC)nc(-c2cccc(-c3ccc4c(c3)oc3ccccc34)c2)n1. The van der Waals surface area contributed by atoms with Crippen LogP contribution in [-0.2, 0) is 6.42 Å². The summed E-state index contributed by atoms with van der Waals surface area (Å²) in [5.41, 5.74) is 5.57. The van der Waals surface area contributed by atoms with Crippen LogP contribution >= 0.6 is 0 Å². The maximum absolute atomic E-state index is 6.08. The molecule has 3 aromatic carbocycles. The molecule has 0 bridgehead atoms. The van der Waals surface area contributed by atoms with Gasteiger partial charge in [-0.1, -0.05) is 80.8 Å². The summed E-state index contributed by atoms with van der Waals surface area (Å²) in [6, 6.07) is 22.7. The highest BCUT2D eigenvalue weighted by Crippen LogP contribution is 2.33. The first-order valence-corrected chi connectivity index (χ1v) is 10.9. The molecule has 0 fully saturated rings. The number of furan rings is 1. The minimum atomic E-state index is 0.573. The fraction of sp³-hybridized carbons (Fsp3) is 0.0690. The molecule has 5 aromatic rings. The van der Waals surface area contributed by atoms with Gasteiger partial charge in [0, 0.05) is 28.3 Å². The Bertz CT molecular complexity index is 1540. The molecule has 0 spiro atoms. The van der Waals surface area contributed by atoms with Crippen molar-refractivity contribution < 1.29 is 4.42 Å². The van der Waals surface area contributed by atoms with Crippen molar-refractivity contribution in [1.82, 2.24) is 15.0 Å². The van der Waals surface area contributed by atoms with Crippen LogP contribution in [0.25, 0.3) is 50.0 Å². The number of allylic oxidation sites excluding steroid dienone is 4. The number of hydrogen-bond donors (Lipinski definition) is 0. The number of aryl methyl sites for hydroxylation is 1. The van der Waals surface area contributed by atoms with Gasteiger partial charge in [-0.15, -0.1) is 0 Å². The van der Waals surface area contributed by atoms with E-state index in [2.05, 4.69) is 59.5 Å². The Labute approximate surface area is 192 Å². The molecule has 0 aliphatic carbocycles. The number of nitrogens with zero attached hydrogens (tertiary/aromatic N) is 3. The van der Waals surface area contributed by atoms with Gasteiger partial charge in [-0.3, -0.25) is 0 Å². The summed E-state index contributed by atoms with van der Waals surface area (Å²) in [5, 5.41) is 2.25. The van der Waals surface area contributed by atoms with Gasteiger partial charge in [0.25, 0.3) is 0 Å². The standard InChI is InChI=1S/C29H23N3O/c1-4-6-10-19(3)28-30-27(5-2)31-29(32-28)22-12-9-11-20(17-22)21-15-16-24-23-13-7-8-14-25(23)33-26(24)18-21/h4,6-18H,1,3,5H2,2H3/b10-6-. The summed E-state index contributed by atoms with van der Waals surface area (Å²) >= 11 is 0. The minimum Gasteiger partial charge on any atom is -0.456 e. The molecule has 0 saturated heterocycles. The largest absolute Gasteiger partial charge is 0.456 e. The quantitative estimate of drug-likeness (QED) is 0.264. The zero-order valence-corrected chi connectivity index (χ0v) is 18.5. The van der Waals surface area contributed by atoms with Crippen LogP contribution in [0.2, 0.25) is 0 Å². The van der Waals surface area contributed by atoms with Crippen LogP contribution in [-0.4, -0.2) is 15.0 Å². The van der Waals surface area contributed by atoms with Gasteiger partial charge in [0.2, 0.25) is 0 Å². The van der Waals surface area contributed by atoms with E-state index in [-0.39, 0.29) is 0 Å². The van der Waals surface area contributed by atoms with E-state index < -0.39 is 0 Å². The third kappa shape index (κ3) is 3.99. The summed E-state index contributed by atoms with van der Waals surface area (Å²) in [6.07, 6.45) is 6.09. The van der Waals surface area contributed by atoms with Gasteiger partial charge in [0.05, 0.1) is 0 Å². The average molecular weight is 430 g/mol. The van der Waals surface area contributed by atoms with Crippen molar-refractivity contribution in [1.29, 1.82) is 0 Å². The Kier molecular flexibility index (Phi) is 5.41. The normalized spacial score (nSPS) is 11.4. The first kappa shape index (κ1) is 20.6. The van der Waals surface area contributed by atoms with Crippen molar-refractivity contribution in [3.05, 3.63) is 110 Å². The predicted octanol–water partition coefficient (Wildman–Crippen LogP) is 7.42. The number of aromatic nitrogens is 3. The molecular weight excluding hydrogens is 406 g/mol. The van der Waals surface area contributed by atoms with E-state index in [9.17, 15) is 0 Å². The van der Waals surface area contributed by atoms with E-state index in [4.69, 9.17) is 9.40 Å². The van der Waals surface area contributed by atoms with Gasteiger partial charge in [-0.05, 0) is 35.4 Å². The molecule has 33 heavy (non-hydrogen) atoms. The maximum Gasteiger partial charge on any atom is 0.163 e. The second-order valence-corrected chi connectivity index (χ2v) is 7.76. The molecule has 2 heterocycles. The number of hydrogen-bond acceptors (Lipinski definition) is 4. The van der Waals surface area contributed by atoms with Crippen LogP contribution < -0.4 is 0 Å². The van der Waals surface area contributed by atoms with Crippen LogP contribution in [0.5, 0.6) is 0 Å². The first-order chi connectivity index (χ1) is 16.2. The molecule has 0 radical (unpaired) electrons. The molecule has 2 aromatic heterocycles. The third-order valence-corrected chi connectivity index (χ3v) is 5.55. The highest BCUT2D eigenvalue weighted by Gasteiger charge is 2.12. The molecule has 0 aliphatic rings. The summed E-state index contributed by atoms with van der Waals surface area (Å²) in [5.74, 6) is 1.94. The Morgan fingerprint density at radius 3 is 2.48 bits per heavy atom. The average Bonchev–Trinajstić information content (AvgIpc) is 3.25. The van der Waals surface area contributed by atoms with Crippen LogP contribution in [0.1, 0.15) is 18.6 Å². The van der Waals surface area contributed by atoms with Crippen LogP contribution in [0.4, 0.5) is 0 Å². The summed E-state index contributed by atoms with van der Waals surface area (Å²) in [7, 11) is 0. The third-order valence-electron chi connectivity index (χ3n) is 5.55. The lowest BCUT2D eigenvalue weighted by atomic mass is 10.0. The van der Waals surface area contributed by atoms with E-state index in [1.165, 1.54) is 0 Å². The zero-order chi connectivity index (χ0) is 22.8. The van der Waals surface area contributed by atoms with Gasteiger partial charge in [-0.2, -0.15) is 0 Å². The van der Waals surface area contributed by atoms with Crippen molar-refractivity contribution in [2.45, 2.75) is 13.3 Å². The minimum absolute atomic E-state index is 0.573. The topological polar surface area (TPSA) is 51.8 Å². The first-order valence-electron chi connectivity index (χ1n) is 10.9. The lowest BCUT2D eigenvalue weighted by Gasteiger charge is -2.08. The van der Waals surface area contributed by atoms with Gasteiger partial charge in [0.1, 0.15) is 17.0 Å². The van der Waals surface area contributed by atoms with Gasteiger partial charge >= 0.3 is 0 Å². The van der Waals surface area contributed by atoms with Crippen LogP contribution in [0.3, 0.4) is 0 Å². The second-order valence-electron chi connectivity index (χ2n) is 7.76. The highest BCUT2D eigenvalue weighted by molar-refractivity contribution is 6.05. The van der Waals surface area contributed by atoms with Crippen LogP contribution in [0, 0.1) is 0 Å². The Hall–Kier alpha value is -4.31. The zero-order valence-electron chi connectivity index (χ0n) is 18.5. The van der Waals surface area contributed by atoms with Crippen molar-refractivity contribution in [3.63, 3.8) is 0 Å². The number of benzene rings is 3. The molecule has 4 nitrogen and oxygen atoms in total. The number of para-hydroxylation sites is 1. The fourth-order valence-electron chi connectivity index (χ4n) is 3.85. The van der Waals surface area contributed by atoms with Crippen LogP contribution in [0.15, 0.2) is 103 Å². The number of fused-ring (bicyclic) bond motifs is 3. The van der Waals surface area contributed by atoms with Crippen molar-refractivity contribution >= 4 is 27.5 Å². The Morgan fingerprint density at radius 2 is 1.64 bits per heavy atom. The summed E-state index contributed by atoms with van der Waals surface area (Å²) in [6.45, 7) is 9.83. The van der Waals surface area contributed by atoms with Gasteiger partial charge < -0.3 is 4.42 Å². The Morgan fingerprint density at radius 1 is 0.848 bits per heavy atom. The van der Waals surface area contributed by atoms with E-state index in [0.29, 0.717) is 18.1 Å². The van der Waals surface area contributed by atoms with Gasteiger partial charge in [0.15, 0.2) is 11.6 Å². The summed E-state index contributed by atoms with van der Waals surface area (Å²) in [4.78, 5) is 13.9. The Balaban J connectivity index is 1.57. The molecule has 4 heteroatoms. The highest BCUT2D eigenvalue weighted by atomic mass is 16.3. The molecule has 0 atom stereocenters. The number of rotatable bonds is 6. The monoisotopic (exact) mass is 429 g/mol. The molecule has 5 rings (SSSR count). The van der Waals surface area contributed by atoms with E-state index in [1.54, 1.807) is 6.08 Å². The molecule has 0 N–H and O–H groups in total. The van der Waals surface area contributed by atoms with E-state index >= 15 is 0 Å². The van der Waals surface area contributed by atoms with E-state index in [1.807, 2.05) is 49.4 Å². The van der Waals surface area contributed by atoms with Gasteiger partial charge in [-0.25, -0.2) is 15.0 Å². The summed E-state index contributed by atoms with van der Waals surface area (Å²) < 4.78 is 6.08. The second kappa shape index (κ2) is 8.67. The molecule has 160 valence electrons. The fourth-order valence-corrected chi connectivity index (χ4v) is 3.85. The van der Waals surface area contributed by atoms with E-state index in [0.717, 1.165) is 50.0 Å². The maximum atomic E-state index is 6.08. The predicted molar refractivity (Wildman–Crippen MR) is 136 cm³/mol. The molecule has 0 amide bonds. The molecule has 0 aliphatic heterocycles. The lowest BCUT2D eigenvalue weighted by Crippen LogP contribution is -2.03.